The Bertz CT molecular complexity index is 822. The maximum atomic E-state index is 12.3. The number of benzene rings is 2. The molecule has 2 rings (SSSR count). The number of ether oxygens (including phenoxy) is 3. The van der Waals surface area contributed by atoms with Crippen molar-refractivity contribution in [3.63, 3.8) is 0 Å². The van der Waals surface area contributed by atoms with Crippen molar-refractivity contribution in [3.05, 3.63) is 65.7 Å². The van der Waals surface area contributed by atoms with Gasteiger partial charge in [-0.1, -0.05) is 51.7 Å². The summed E-state index contributed by atoms with van der Waals surface area (Å²) in [5.74, 6) is 0.383. The van der Waals surface area contributed by atoms with Crippen molar-refractivity contribution < 1.29 is 23.8 Å². The second-order valence-corrected chi connectivity index (χ2v) is 7.25. The van der Waals surface area contributed by atoms with Crippen molar-refractivity contribution in [1.82, 2.24) is 0 Å². The lowest BCUT2D eigenvalue weighted by atomic mass is 10.2. The van der Waals surface area contributed by atoms with Crippen LogP contribution in [0.5, 0.6) is 11.5 Å². The van der Waals surface area contributed by atoms with Crippen LogP contribution in [0.25, 0.3) is 6.08 Å². The van der Waals surface area contributed by atoms with Crippen LogP contribution in [0.15, 0.2) is 54.6 Å². The molecule has 0 saturated heterocycles. The van der Waals surface area contributed by atoms with Gasteiger partial charge in [0.1, 0.15) is 11.5 Å². The van der Waals surface area contributed by atoms with Gasteiger partial charge in [0.2, 0.25) is 0 Å². The predicted molar refractivity (Wildman–Crippen MR) is 122 cm³/mol. The summed E-state index contributed by atoms with van der Waals surface area (Å²) in [6.45, 7) is 5.36. The highest BCUT2D eigenvalue weighted by molar-refractivity contribution is 5.91. The van der Waals surface area contributed by atoms with E-state index in [0.29, 0.717) is 24.5 Å². The Morgan fingerprint density at radius 3 is 2.13 bits per heavy atom. The van der Waals surface area contributed by atoms with E-state index in [9.17, 15) is 9.59 Å². The zero-order valence-corrected chi connectivity index (χ0v) is 18.5. The Balaban J connectivity index is 1.79. The molecule has 2 aromatic rings. The van der Waals surface area contributed by atoms with E-state index in [2.05, 4.69) is 13.8 Å². The molecule has 0 radical (unpaired) electrons. The summed E-state index contributed by atoms with van der Waals surface area (Å²) in [6.07, 6.45) is 9.43. The summed E-state index contributed by atoms with van der Waals surface area (Å²) < 4.78 is 16.2. The molecule has 0 aromatic heterocycles. The lowest BCUT2D eigenvalue weighted by Crippen LogP contribution is -2.08. The first kappa shape index (κ1) is 24.2. The molecule has 0 heterocycles. The van der Waals surface area contributed by atoms with Gasteiger partial charge in [0.25, 0.3) is 0 Å². The van der Waals surface area contributed by atoms with E-state index in [0.717, 1.165) is 49.8 Å². The first-order chi connectivity index (χ1) is 15.1. The van der Waals surface area contributed by atoms with Gasteiger partial charge in [0, 0.05) is 6.08 Å². The zero-order chi connectivity index (χ0) is 22.3. The third-order valence-corrected chi connectivity index (χ3v) is 4.60. The lowest BCUT2D eigenvalue weighted by Gasteiger charge is -2.07. The van der Waals surface area contributed by atoms with Crippen LogP contribution in [0.1, 0.15) is 68.3 Å². The second kappa shape index (κ2) is 14.0. The van der Waals surface area contributed by atoms with Crippen LogP contribution in [-0.4, -0.2) is 25.2 Å². The zero-order valence-electron chi connectivity index (χ0n) is 18.5. The fourth-order valence-corrected chi connectivity index (χ4v) is 2.75. The van der Waals surface area contributed by atoms with E-state index in [1.54, 1.807) is 54.6 Å². The molecule has 0 spiro atoms. The van der Waals surface area contributed by atoms with E-state index in [1.165, 1.54) is 6.08 Å². The van der Waals surface area contributed by atoms with Gasteiger partial charge in [-0.2, -0.15) is 0 Å². The monoisotopic (exact) mass is 424 g/mol. The highest BCUT2D eigenvalue weighted by Crippen LogP contribution is 2.17. The number of hydrogen-bond donors (Lipinski definition) is 0. The Hall–Kier alpha value is -3.08. The molecule has 2 aromatic carbocycles. The molecule has 0 unspecified atom stereocenters. The van der Waals surface area contributed by atoms with Gasteiger partial charge in [-0.05, 0) is 60.9 Å². The quantitative estimate of drug-likeness (QED) is 0.165. The molecule has 166 valence electrons. The highest BCUT2D eigenvalue weighted by atomic mass is 16.5. The van der Waals surface area contributed by atoms with Gasteiger partial charge < -0.3 is 14.2 Å². The van der Waals surface area contributed by atoms with Crippen molar-refractivity contribution in [2.45, 2.75) is 52.4 Å². The molecular formula is C26H32O5. The summed E-state index contributed by atoms with van der Waals surface area (Å²) in [5, 5.41) is 0. The van der Waals surface area contributed by atoms with Crippen LogP contribution in [0.2, 0.25) is 0 Å². The van der Waals surface area contributed by atoms with Crippen molar-refractivity contribution in [3.8, 4) is 11.5 Å². The Kier molecular flexibility index (Phi) is 10.9. The fraction of sp³-hybridized carbons (Fsp3) is 0.385. The summed E-state index contributed by atoms with van der Waals surface area (Å²) in [7, 11) is 0. The van der Waals surface area contributed by atoms with Crippen molar-refractivity contribution in [2.24, 2.45) is 0 Å². The molecule has 5 nitrogen and oxygen atoms in total. The van der Waals surface area contributed by atoms with E-state index >= 15 is 0 Å². The van der Waals surface area contributed by atoms with Gasteiger partial charge in [-0.3, -0.25) is 0 Å². The smallest absolute Gasteiger partial charge is 0.343 e. The molecule has 0 fully saturated rings. The van der Waals surface area contributed by atoms with Crippen molar-refractivity contribution >= 4 is 18.0 Å². The highest BCUT2D eigenvalue weighted by Gasteiger charge is 2.09. The number of hydrogen-bond acceptors (Lipinski definition) is 5. The predicted octanol–water partition coefficient (Wildman–Crippen LogP) is 6.22. The van der Waals surface area contributed by atoms with Crippen LogP contribution < -0.4 is 9.47 Å². The van der Waals surface area contributed by atoms with Gasteiger partial charge in [-0.25, -0.2) is 9.59 Å². The molecule has 5 heteroatoms. The number of unbranched alkanes of at least 4 members (excludes halogenated alkanes) is 4. The molecule has 0 saturated carbocycles. The molecule has 31 heavy (non-hydrogen) atoms. The summed E-state index contributed by atoms with van der Waals surface area (Å²) in [6, 6.07) is 13.8. The number of esters is 2. The van der Waals surface area contributed by atoms with Gasteiger partial charge >= 0.3 is 11.9 Å². The standard InChI is InChI=1S/C26H32O5/c1-3-5-7-8-20-30-25(27)18-11-21-9-14-24(15-10-21)31-26(28)22-12-16-23(17-13-22)29-19-6-4-2/h9-18H,3-8,19-20H2,1-2H3. The third kappa shape index (κ3) is 9.51. The summed E-state index contributed by atoms with van der Waals surface area (Å²) in [4.78, 5) is 24.0. The minimum Gasteiger partial charge on any atom is -0.494 e. The molecule has 0 bridgehead atoms. The first-order valence-electron chi connectivity index (χ1n) is 11.0. The molecule has 0 aliphatic carbocycles. The van der Waals surface area contributed by atoms with Crippen LogP contribution >= 0.6 is 0 Å². The van der Waals surface area contributed by atoms with Crippen molar-refractivity contribution in [1.29, 1.82) is 0 Å². The third-order valence-electron chi connectivity index (χ3n) is 4.60. The van der Waals surface area contributed by atoms with Crippen LogP contribution in [0.3, 0.4) is 0 Å². The molecule has 0 aliphatic heterocycles. The Morgan fingerprint density at radius 1 is 0.774 bits per heavy atom. The van der Waals surface area contributed by atoms with E-state index < -0.39 is 5.97 Å². The summed E-state index contributed by atoms with van der Waals surface area (Å²) >= 11 is 0. The van der Waals surface area contributed by atoms with Crippen LogP contribution in [0.4, 0.5) is 0 Å². The number of carbonyl (C=O) groups excluding carboxylic acids is 2. The minimum absolute atomic E-state index is 0.353. The largest absolute Gasteiger partial charge is 0.494 e. The molecular weight excluding hydrogens is 392 g/mol. The van der Waals surface area contributed by atoms with Gasteiger partial charge in [0.15, 0.2) is 0 Å². The topological polar surface area (TPSA) is 61.8 Å². The number of rotatable bonds is 13. The Labute approximate surface area is 185 Å². The lowest BCUT2D eigenvalue weighted by molar-refractivity contribution is -0.137. The maximum Gasteiger partial charge on any atom is 0.343 e. The van der Waals surface area contributed by atoms with Crippen LogP contribution in [-0.2, 0) is 9.53 Å². The average molecular weight is 425 g/mol. The molecule has 0 amide bonds. The summed E-state index contributed by atoms with van der Waals surface area (Å²) in [5.41, 5.74) is 1.27. The first-order valence-corrected chi connectivity index (χ1v) is 11.0. The van der Waals surface area contributed by atoms with E-state index in [1.807, 2.05) is 0 Å². The molecule has 0 aliphatic rings. The number of carbonyl (C=O) groups is 2. The maximum absolute atomic E-state index is 12.3. The minimum atomic E-state index is -0.435. The molecule has 0 atom stereocenters. The normalized spacial score (nSPS) is 10.8. The average Bonchev–Trinajstić information content (AvgIpc) is 2.79. The molecule has 0 N–H and O–H groups in total. The van der Waals surface area contributed by atoms with Crippen molar-refractivity contribution in [2.75, 3.05) is 13.2 Å². The van der Waals surface area contributed by atoms with Gasteiger partial charge in [-0.15, -0.1) is 0 Å². The SMILES string of the molecule is CCCCCCOC(=O)C=Cc1ccc(OC(=O)c2ccc(OCCCC)cc2)cc1. The van der Waals surface area contributed by atoms with Gasteiger partial charge in [0.05, 0.1) is 18.8 Å². The van der Waals surface area contributed by atoms with E-state index in [4.69, 9.17) is 14.2 Å². The Morgan fingerprint density at radius 2 is 1.45 bits per heavy atom. The van der Waals surface area contributed by atoms with Crippen LogP contribution in [0, 0.1) is 0 Å². The van der Waals surface area contributed by atoms with E-state index in [-0.39, 0.29) is 5.97 Å². The fourth-order valence-electron chi connectivity index (χ4n) is 2.75. The second-order valence-electron chi connectivity index (χ2n) is 7.25.